The Morgan fingerprint density at radius 3 is 2.58 bits per heavy atom. The van der Waals surface area contributed by atoms with Gasteiger partial charge in [0.25, 0.3) is 5.91 Å². The van der Waals surface area contributed by atoms with Crippen LogP contribution in [-0.4, -0.2) is 98.0 Å². The number of hydrogen-bond acceptors (Lipinski definition) is 12. The molecule has 2 saturated heterocycles. The molecule has 13 nitrogen and oxygen atoms in total. The van der Waals surface area contributed by atoms with Crippen molar-refractivity contribution in [2.75, 3.05) is 42.6 Å². The number of thiophene rings is 1. The van der Waals surface area contributed by atoms with Gasteiger partial charge < -0.3 is 29.8 Å². The van der Waals surface area contributed by atoms with Crippen molar-refractivity contribution in [2.24, 2.45) is 5.10 Å². The van der Waals surface area contributed by atoms with Crippen LogP contribution in [0.1, 0.15) is 34.1 Å². The number of halogens is 1. The van der Waals surface area contributed by atoms with Crippen molar-refractivity contribution in [3.05, 3.63) is 73.6 Å². The zero-order valence-electron chi connectivity index (χ0n) is 26.9. The first-order valence-corrected chi connectivity index (χ1v) is 18.5. The van der Waals surface area contributed by atoms with E-state index >= 15 is 4.39 Å². The number of piperazine rings is 1. The van der Waals surface area contributed by atoms with Crippen LogP contribution in [0.25, 0.3) is 10.9 Å². The number of hydrogen-bond donors (Lipinski definition) is 2. The number of nitrogens with zero attached hydrogens (tertiary/aromatic N) is 5. The number of amides is 2. The molecular formula is C32H30FN6NaO7S3. The zero-order chi connectivity index (χ0) is 34.4. The summed E-state index contributed by atoms with van der Waals surface area (Å²) < 4.78 is 17.1. The first kappa shape index (κ1) is 36.4. The molecule has 1 aromatic carbocycles. The Kier molecular flexibility index (Phi) is 11.0. The molecule has 18 heteroatoms. The summed E-state index contributed by atoms with van der Waals surface area (Å²) in [6.45, 7) is 1.86. The van der Waals surface area contributed by atoms with Gasteiger partial charge in [-0.1, -0.05) is 6.07 Å². The van der Waals surface area contributed by atoms with Gasteiger partial charge in [0.2, 0.25) is 11.3 Å². The predicted molar refractivity (Wildman–Crippen MR) is 183 cm³/mol. The maximum absolute atomic E-state index is 15.3. The Bertz CT molecular complexity index is 1980. The molecule has 50 heavy (non-hydrogen) atoms. The van der Waals surface area contributed by atoms with Gasteiger partial charge in [0.1, 0.15) is 22.8 Å². The Morgan fingerprint density at radius 2 is 1.92 bits per heavy atom. The molecule has 3 fully saturated rings. The van der Waals surface area contributed by atoms with E-state index in [9.17, 15) is 34.2 Å². The summed E-state index contributed by atoms with van der Waals surface area (Å²) in [5, 5.41) is 32.0. The summed E-state index contributed by atoms with van der Waals surface area (Å²) in [5.74, 6) is -3.51. The largest absolute Gasteiger partial charge is 1.00 e. The number of aliphatic carboxylic acids is 1. The Balaban J connectivity index is 0.00000432. The minimum Gasteiger partial charge on any atom is -0.543 e. The number of thioether (sulfide) groups is 2. The topological polar surface area (TPSA) is 168 Å². The van der Waals surface area contributed by atoms with Crippen LogP contribution < -0.4 is 50.3 Å². The summed E-state index contributed by atoms with van der Waals surface area (Å²) >= 11 is 4.12. The van der Waals surface area contributed by atoms with Crippen molar-refractivity contribution in [3.8, 4) is 0 Å². The van der Waals surface area contributed by atoms with E-state index < -0.39 is 40.5 Å². The van der Waals surface area contributed by atoms with E-state index in [1.165, 1.54) is 46.0 Å². The molecule has 3 aliphatic heterocycles. The number of carbonyl (C=O) groups excluding carboxylic acids is 3. The summed E-state index contributed by atoms with van der Waals surface area (Å²) in [4.78, 5) is 65.8. The molecule has 2 unspecified atom stereocenters. The predicted octanol–water partition coefficient (Wildman–Crippen LogP) is -1.32. The third kappa shape index (κ3) is 7.21. The quantitative estimate of drug-likeness (QED) is 0.103. The Morgan fingerprint density at radius 1 is 1.16 bits per heavy atom. The van der Waals surface area contributed by atoms with E-state index in [2.05, 4.69) is 10.4 Å². The number of anilines is 1. The molecule has 2 atom stereocenters. The van der Waals surface area contributed by atoms with Gasteiger partial charge in [-0.05, 0) is 42.0 Å². The number of benzene rings is 1. The second-order valence-electron chi connectivity index (χ2n) is 12.1. The number of nitrogens with one attached hydrogen (secondary N) is 1. The molecular weight excluding hydrogens is 719 g/mol. The third-order valence-corrected chi connectivity index (χ3v) is 11.9. The van der Waals surface area contributed by atoms with E-state index in [0.29, 0.717) is 48.7 Å². The number of aromatic nitrogens is 1. The maximum atomic E-state index is 15.3. The van der Waals surface area contributed by atoms with Crippen molar-refractivity contribution >= 4 is 80.8 Å². The molecule has 1 aliphatic carbocycles. The molecule has 3 aromatic rings. The number of pyridine rings is 1. The number of fused-ring (bicyclic) bond motifs is 2. The second-order valence-corrected chi connectivity index (χ2v) is 15.0. The van der Waals surface area contributed by atoms with Crippen LogP contribution in [0.15, 0.2) is 57.0 Å². The number of carboxylic acids is 2. The fraction of sp³-hybridized carbons (Fsp3) is 0.375. The maximum Gasteiger partial charge on any atom is 1.00 e. The van der Waals surface area contributed by atoms with Crippen molar-refractivity contribution in [1.29, 1.82) is 0 Å². The van der Waals surface area contributed by atoms with Crippen LogP contribution >= 0.6 is 34.9 Å². The summed E-state index contributed by atoms with van der Waals surface area (Å²) in [7, 11) is 0. The molecule has 5 heterocycles. The third-order valence-electron chi connectivity index (χ3n) is 8.88. The number of carbonyl (C=O) groups is 4. The molecule has 2 aromatic heterocycles. The minimum absolute atomic E-state index is 0. The molecule has 0 bridgehead atoms. The van der Waals surface area contributed by atoms with E-state index in [1.807, 2.05) is 27.4 Å². The van der Waals surface area contributed by atoms with E-state index in [4.69, 9.17) is 0 Å². The van der Waals surface area contributed by atoms with E-state index in [0.717, 1.165) is 23.8 Å². The van der Waals surface area contributed by atoms with E-state index in [1.54, 1.807) is 16.2 Å². The van der Waals surface area contributed by atoms with Gasteiger partial charge in [0.05, 0.1) is 47.9 Å². The van der Waals surface area contributed by atoms with Crippen LogP contribution in [0.4, 0.5) is 10.1 Å². The number of aromatic carboxylic acids is 1. The van der Waals surface area contributed by atoms with Crippen molar-refractivity contribution in [2.45, 2.75) is 36.7 Å². The van der Waals surface area contributed by atoms with Crippen molar-refractivity contribution in [1.82, 2.24) is 19.8 Å². The molecule has 256 valence electrons. The molecule has 2 amide bonds. The smallest absolute Gasteiger partial charge is 0.543 e. The molecule has 1 saturated carbocycles. The molecule has 7 rings (SSSR count). The average molecular weight is 749 g/mol. The first-order valence-electron chi connectivity index (χ1n) is 15.6. The fourth-order valence-corrected chi connectivity index (χ4v) is 9.17. The normalized spacial score (nSPS) is 20.5. The second kappa shape index (κ2) is 15.1. The van der Waals surface area contributed by atoms with Crippen LogP contribution in [0.2, 0.25) is 0 Å². The van der Waals surface area contributed by atoms with Crippen LogP contribution in [-0.2, 0) is 20.8 Å². The van der Waals surface area contributed by atoms with Gasteiger partial charge >= 0.3 is 35.5 Å². The van der Waals surface area contributed by atoms with E-state index in [-0.39, 0.29) is 70.3 Å². The van der Waals surface area contributed by atoms with Crippen LogP contribution in [0, 0.1) is 5.82 Å². The zero-order valence-corrected chi connectivity index (χ0v) is 31.3. The first-order chi connectivity index (χ1) is 23.6. The standard InChI is InChI=1S/C32H31FN6O7S3.Na/c33-22-11-20-23(38(18-3-4-18)13-21(28(20)41)31(43)44)12-24(22)36-5-7-37(8-6-36)34-16-47-14-17-15-49-30-26(29(42)39(30)27(17)32(45)46)35-25(40)10-19-2-1-9-48-19;/h1-2,9,11-13,16,18,26,30H,3-8,10,14-15H2,(H,35,40)(H,43,44)(H,45,46);/q;+1/p-1. The van der Waals surface area contributed by atoms with Gasteiger partial charge in [-0.25, -0.2) is 9.18 Å². The van der Waals surface area contributed by atoms with Crippen LogP contribution in [0.5, 0.6) is 0 Å². The molecule has 4 aliphatic rings. The number of carboxylic acid groups (broad SMARTS) is 2. The molecule has 0 spiro atoms. The molecule has 0 radical (unpaired) electrons. The van der Waals surface area contributed by atoms with Gasteiger partial charge in [-0.3, -0.25) is 24.3 Å². The SMILES string of the molecule is O=C(Cc1cccs1)NC1C(=O)N2C(C(=O)[O-])=C(CSC=NN3CCN(c4cc5c(cc4F)c(=O)c(C(=O)O)cn5C4CC4)CC3)CSC12.[Na+]. The summed E-state index contributed by atoms with van der Waals surface area (Å²) in [6, 6.07) is 5.73. The Hall–Kier alpha value is -3.35. The summed E-state index contributed by atoms with van der Waals surface area (Å²) in [6.07, 6.45) is 3.23. The number of rotatable bonds is 11. The minimum atomic E-state index is -1.44. The fourth-order valence-electron chi connectivity index (χ4n) is 6.28. The van der Waals surface area contributed by atoms with Gasteiger partial charge in [0.15, 0.2) is 0 Å². The number of hydrazone groups is 1. The monoisotopic (exact) mass is 748 g/mol. The number of β-lactam (4-membered cyclic amide) rings is 1. The average Bonchev–Trinajstić information content (AvgIpc) is 3.80. The van der Waals surface area contributed by atoms with Crippen molar-refractivity contribution < 1.29 is 63.3 Å². The summed E-state index contributed by atoms with van der Waals surface area (Å²) in [5.41, 5.74) is 1.76. The van der Waals surface area contributed by atoms with Crippen LogP contribution in [0.3, 0.4) is 0 Å². The van der Waals surface area contributed by atoms with Crippen molar-refractivity contribution in [3.63, 3.8) is 0 Å². The Labute approximate surface area is 319 Å². The van der Waals surface area contributed by atoms with Gasteiger partial charge in [0, 0.05) is 47.1 Å². The van der Waals surface area contributed by atoms with Gasteiger partial charge in [-0.15, -0.1) is 34.9 Å². The molecule has 2 N–H and O–H groups in total. The van der Waals surface area contributed by atoms with Gasteiger partial charge in [-0.2, -0.15) is 5.10 Å².